The lowest BCUT2D eigenvalue weighted by atomic mass is 10.1. The van der Waals surface area contributed by atoms with Crippen LogP contribution in [0.1, 0.15) is 12.5 Å². The molecule has 2 aromatic carbocycles. The molecule has 0 amide bonds. The van der Waals surface area contributed by atoms with E-state index in [-0.39, 0.29) is 0 Å². The number of H-pyrrole nitrogens is 1. The van der Waals surface area contributed by atoms with Crippen LogP contribution in [0.3, 0.4) is 0 Å². The van der Waals surface area contributed by atoms with Crippen LogP contribution >= 0.6 is 0 Å². The molecule has 1 aliphatic rings. The first-order valence-corrected chi connectivity index (χ1v) is 11.2. The van der Waals surface area contributed by atoms with Gasteiger partial charge in [-0.3, -0.25) is 10.00 Å². The minimum atomic E-state index is 0.620. The first kappa shape index (κ1) is 21.8. The van der Waals surface area contributed by atoms with Crippen molar-refractivity contribution in [1.82, 2.24) is 30.3 Å². The fourth-order valence-corrected chi connectivity index (χ4v) is 3.75. The van der Waals surface area contributed by atoms with Gasteiger partial charge in [0.2, 0.25) is 0 Å². The summed E-state index contributed by atoms with van der Waals surface area (Å²) in [6.45, 7) is 9.14. The molecule has 1 fully saturated rings. The number of guanidine groups is 1. The average Bonchev–Trinajstić information content (AvgIpc) is 3.38. The van der Waals surface area contributed by atoms with Crippen LogP contribution in [-0.2, 0) is 6.54 Å². The van der Waals surface area contributed by atoms with E-state index in [1.54, 1.807) is 0 Å². The Morgan fingerprint density at radius 3 is 2.69 bits per heavy atom. The Kier molecular flexibility index (Phi) is 7.70. The molecule has 2 N–H and O–H groups in total. The summed E-state index contributed by atoms with van der Waals surface area (Å²) in [6, 6.07) is 18.3. The van der Waals surface area contributed by atoms with Crippen molar-refractivity contribution < 1.29 is 4.74 Å². The molecule has 1 aliphatic heterocycles. The van der Waals surface area contributed by atoms with Crippen molar-refractivity contribution in [2.75, 3.05) is 45.9 Å². The van der Waals surface area contributed by atoms with E-state index in [4.69, 9.17) is 9.73 Å². The second-order valence-electron chi connectivity index (χ2n) is 7.69. The van der Waals surface area contributed by atoms with Gasteiger partial charge in [0.1, 0.15) is 18.7 Å². The summed E-state index contributed by atoms with van der Waals surface area (Å²) >= 11 is 0. The molecular weight excluding hydrogens is 402 g/mol. The van der Waals surface area contributed by atoms with E-state index in [1.165, 1.54) is 6.33 Å². The molecular formula is C24H31N7O. The number of piperazine rings is 1. The van der Waals surface area contributed by atoms with E-state index in [2.05, 4.69) is 49.4 Å². The van der Waals surface area contributed by atoms with E-state index < -0.39 is 0 Å². The summed E-state index contributed by atoms with van der Waals surface area (Å²) in [7, 11) is 0. The number of para-hydroxylation sites is 1. The van der Waals surface area contributed by atoms with Gasteiger partial charge < -0.3 is 15.0 Å². The molecule has 0 saturated carbocycles. The highest BCUT2D eigenvalue weighted by Crippen LogP contribution is 2.16. The molecule has 1 aromatic heterocycles. The monoisotopic (exact) mass is 433 g/mol. The smallest absolute Gasteiger partial charge is 0.194 e. The predicted molar refractivity (Wildman–Crippen MR) is 127 cm³/mol. The minimum absolute atomic E-state index is 0.620. The lowest BCUT2D eigenvalue weighted by molar-refractivity contribution is 0.152. The molecule has 1 saturated heterocycles. The van der Waals surface area contributed by atoms with Crippen LogP contribution in [0.25, 0.3) is 11.4 Å². The molecule has 4 rings (SSSR count). The number of aromatic amines is 1. The predicted octanol–water partition coefficient (Wildman–Crippen LogP) is 2.63. The zero-order valence-electron chi connectivity index (χ0n) is 18.6. The molecule has 2 heterocycles. The van der Waals surface area contributed by atoms with Crippen molar-refractivity contribution in [3.63, 3.8) is 0 Å². The minimum Gasteiger partial charge on any atom is -0.492 e. The first-order valence-electron chi connectivity index (χ1n) is 11.2. The van der Waals surface area contributed by atoms with Crippen LogP contribution in [0.4, 0.5) is 0 Å². The molecule has 0 atom stereocenters. The van der Waals surface area contributed by atoms with E-state index in [0.29, 0.717) is 13.2 Å². The van der Waals surface area contributed by atoms with Gasteiger partial charge in [0.05, 0.1) is 6.54 Å². The second kappa shape index (κ2) is 11.3. The number of benzene rings is 2. The average molecular weight is 434 g/mol. The van der Waals surface area contributed by atoms with Gasteiger partial charge in [-0.15, -0.1) is 0 Å². The molecule has 0 aliphatic carbocycles. The number of hydrogen-bond acceptors (Lipinski definition) is 5. The van der Waals surface area contributed by atoms with E-state index in [0.717, 1.165) is 67.9 Å². The standard InChI is InChI=1S/C24H31N7O/c1-2-25-24(26-18-20-7-6-8-21(17-20)23-27-19-28-29-23)31-13-11-30(12-14-31)15-16-32-22-9-4-3-5-10-22/h3-10,17,19H,2,11-16,18H2,1H3,(H,25,26)(H,27,28,29). The van der Waals surface area contributed by atoms with Gasteiger partial charge in [0, 0.05) is 44.8 Å². The van der Waals surface area contributed by atoms with Gasteiger partial charge >= 0.3 is 0 Å². The Morgan fingerprint density at radius 1 is 1.09 bits per heavy atom. The van der Waals surface area contributed by atoms with Crippen molar-refractivity contribution in [1.29, 1.82) is 0 Å². The normalized spacial score (nSPS) is 15.0. The Labute approximate surface area is 189 Å². The number of hydrogen-bond donors (Lipinski definition) is 2. The maximum Gasteiger partial charge on any atom is 0.194 e. The second-order valence-corrected chi connectivity index (χ2v) is 7.69. The maximum atomic E-state index is 5.84. The zero-order chi connectivity index (χ0) is 22.0. The van der Waals surface area contributed by atoms with Crippen molar-refractivity contribution in [2.45, 2.75) is 13.5 Å². The highest BCUT2D eigenvalue weighted by Gasteiger charge is 2.19. The first-order chi connectivity index (χ1) is 15.8. The van der Waals surface area contributed by atoms with E-state index in [1.807, 2.05) is 42.5 Å². The largest absolute Gasteiger partial charge is 0.492 e. The number of aliphatic imine (C=N–C) groups is 1. The number of nitrogens with zero attached hydrogens (tertiary/aromatic N) is 5. The molecule has 0 unspecified atom stereocenters. The van der Waals surface area contributed by atoms with Crippen molar-refractivity contribution in [2.24, 2.45) is 4.99 Å². The third kappa shape index (κ3) is 6.07. The molecule has 0 spiro atoms. The van der Waals surface area contributed by atoms with Crippen molar-refractivity contribution in [3.8, 4) is 17.1 Å². The van der Waals surface area contributed by atoms with Crippen molar-refractivity contribution in [3.05, 3.63) is 66.5 Å². The molecule has 3 aromatic rings. The lowest BCUT2D eigenvalue weighted by Gasteiger charge is -2.36. The fraction of sp³-hybridized carbons (Fsp3) is 0.375. The Hall–Kier alpha value is -3.39. The highest BCUT2D eigenvalue weighted by atomic mass is 16.5. The van der Waals surface area contributed by atoms with Gasteiger partial charge in [-0.05, 0) is 30.7 Å². The Morgan fingerprint density at radius 2 is 1.94 bits per heavy atom. The highest BCUT2D eigenvalue weighted by molar-refractivity contribution is 5.80. The van der Waals surface area contributed by atoms with Gasteiger partial charge in [0.15, 0.2) is 11.8 Å². The molecule has 0 bridgehead atoms. The van der Waals surface area contributed by atoms with Crippen LogP contribution < -0.4 is 10.1 Å². The van der Waals surface area contributed by atoms with Crippen LogP contribution in [0, 0.1) is 0 Å². The van der Waals surface area contributed by atoms with Gasteiger partial charge in [0.25, 0.3) is 0 Å². The molecule has 8 heteroatoms. The van der Waals surface area contributed by atoms with E-state index in [9.17, 15) is 0 Å². The zero-order valence-corrected chi connectivity index (χ0v) is 18.6. The molecule has 168 valence electrons. The topological polar surface area (TPSA) is 81.7 Å². The van der Waals surface area contributed by atoms with Gasteiger partial charge in [-0.25, -0.2) is 9.98 Å². The van der Waals surface area contributed by atoms with Gasteiger partial charge in [-0.1, -0.05) is 36.4 Å². The Balaban J connectivity index is 1.28. The maximum absolute atomic E-state index is 5.84. The number of rotatable bonds is 8. The van der Waals surface area contributed by atoms with Crippen LogP contribution in [0.5, 0.6) is 5.75 Å². The summed E-state index contributed by atoms with van der Waals surface area (Å²) in [6.07, 6.45) is 1.52. The fourth-order valence-electron chi connectivity index (χ4n) is 3.75. The summed E-state index contributed by atoms with van der Waals surface area (Å²) in [5.41, 5.74) is 2.16. The van der Waals surface area contributed by atoms with Crippen LogP contribution in [-0.4, -0.2) is 76.8 Å². The van der Waals surface area contributed by atoms with E-state index >= 15 is 0 Å². The summed E-state index contributed by atoms with van der Waals surface area (Å²) in [4.78, 5) is 13.9. The van der Waals surface area contributed by atoms with Crippen LogP contribution in [0.15, 0.2) is 65.9 Å². The molecule has 8 nitrogen and oxygen atoms in total. The van der Waals surface area contributed by atoms with Gasteiger partial charge in [-0.2, -0.15) is 5.10 Å². The Bertz CT molecular complexity index is 967. The lowest BCUT2D eigenvalue weighted by Crippen LogP contribution is -2.53. The summed E-state index contributed by atoms with van der Waals surface area (Å²) < 4.78 is 5.84. The third-order valence-corrected chi connectivity index (χ3v) is 5.45. The summed E-state index contributed by atoms with van der Waals surface area (Å²) in [5.74, 6) is 2.67. The number of aromatic nitrogens is 3. The molecule has 0 radical (unpaired) electrons. The van der Waals surface area contributed by atoms with Crippen molar-refractivity contribution >= 4 is 5.96 Å². The summed E-state index contributed by atoms with van der Waals surface area (Å²) in [5, 5.41) is 10.3. The number of nitrogens with one attached hydrogen (secondary N) is 2. The number of ether oxygens (including phenoxy) is 1. The SMILES string of the molecule is CCNC(=NCc1cccc(-c2ncn[nH]2)c1)N1CCN(CCOc2ccccc2)CC1. The molecule has 32 heavy (non-hydrogen) atoms. The quantitative estimate of drug-likeness (QED) is 0.420. The third-order valence-electron chi connectivity index (χ3n) is 5.45. The van der Waals surface area contributed by atoms with Crippen LogP contribution in [0.2, 0.25) is 0 Å².